The van der Waals surface area contributed by atoms with Crippen molar-refractivity contribution in [2.24, 2.45) is 0 Å². The van der Waals surface area contributed by atoms with E-state index in [2.05, 4.69) is 45.5 Å². The van der Waals surface area contributed by atoms with E-state index in [-0.39, 0.29) is 18.3 Å². The predicted octanol–water partition coefficient (Wildman–Crippen LogP) is 5.72. The van der Waals surface area contributed by atoms with Gasteiger partial charge in [-0.15, -0.1) is 0 Å². The van der Waals surface area contributed by atoms with Gasteiger partial charge in [-0.25, -0.2) is 4.79 Å². The van der Waals surface area contributed by atoms with E-state index in [1.54, 1.807) is 24.3 Å². The third kappa shape index (κ3) is 4.44. The number of halogens is 1. The summed E-state index contributed by atoms with van der Waals surface area (Å²) in [5.41, 5.74) is 5.53. The fraction of sp³-hybridized carbons (Fsp3) is 0.160. The Morgan fingerprint density at radius 2 is 1.74 bits per heavy atom. The number of methoxy groups -OCH3 is 1. The van der Waals surface area contributed by atoms with E-state index in [0.29, 0.717) is 12.3 Å². The van der Waals surface area contributed by atoms with Gasteiger partial charge in [0.25, 0.3) is 0 Å². The Morgan fingerprint density at radius 1 is 1.10 bits per heavy atom. The molecular formula is C25H22BrNO4. The number of phenolic OH excluding ortho intramolecular Hbond substituents is 1. The van der Waals surface area contributed by atoms with Crippen LogP contribution in [0.25, 0.3) is 17.2 Å². The standard InChI is InChI=1S/C25H22BrNO4/c1-30-24-14-22(26)16(13-23(24)28)7-6-12-27-25(29)31-15-21-19-10-4-2-8-17(19)18-9-3-5-11-20(18)21/h2-11,13-14,21,28H,12,15H2,1H3,(H,27,29). The molecule has 1 aliphatic carbocycles. The molecule has 5 nitrogen and oxygen atoms in total. The van der Waals surface area contributed by atoms with Crippen molar-refractivity contribution in [3.8, 4) is 22.6 Å². The molecule has 0 aromatic heterocycles. The lowest BCUT2D eigenvalue weighted by Gasteiger charge is -2.14. The van der Waals surface area contributed by atoms with Gasteiger partial charge in [-0.3, -0.25) is 0 Å². The van der Waals surface area contributed by atoms with Gasteiger partial charge in [0.05, 0.1) is 7.11 Å². The first-order valence-corrected chi connectivity index (χ1v) is 10.7. The summed E-state index contributed by atoms with van der Waals surface area (Å²) >= 11 is 3.44. The number of benzene rings is 3. The Hall–Kier alpha value is -3.25. The molecule has 2 N–H and O–H groups in total. The number of nitrogens with one attached hydrogen (secondary N) is 1. The number of alkyl carbamates (subject to hydrolysis) is 1. The van der Waals surface area contributed by atoms with Crippen molar-refractivity contribution < 1.29 is 19.4 Å². The molecular weight excluding hydrogens is 458 g/mol. The number of hydrogen-bond acceptors (Lipinski definition) is 4. The van der Waals surface area contributed by atoms with Crippen LogP contribution in [0.4, 0.5) is 4.79 Å². The Labute approximate surface area is 189 Å². The van der Waals surface area contributed by atoms with Gasteiger partial charge in [0.1, 0.15) is 6.61 Å². The van der Waals surface area contributed by atoms with Gasteiger partial charge in [0.2, 0.25) is 0 Å². The zero-order valence-electron chi connectivity index (χ0n) is 17.0. The summed E-state index contributed by atoms with van der Waals surface area (Å²) in [5.74, 6) is 0.475. The van der Waals surface area contributed by atoms with E-state index in [4.69, 9.17) is 9.47 Å². The molecule has 0 atom stereocenters. The van der Waals surface area contributed by atoms with Crippen molar-refractivity contribution in [1.29, 1.82) is 0 Å². The zero-order chi connectivity index (χ0) is 21.8. The normalized spacial score (nSPS) is 12.5. The number of phenols is 1. The molecule has 158 valence electrons. The molecule has 0 saturated heterocycles. The topological polar surface area (TPSA) is 67.8 Å². The second-order valence-electron chi connectivity index (χ2n) is 7.15. The van der Waals surface area contributed by atoms with Gasteiger partial charge >= 0.3 is 6.09 Å². The maximum atomic E-state index is 12.2. The van der Waals surface area contributed by atoms with Gasteiger partial charge in [0, 0.05) is 16.9 Å². The molecule has 0 aliphatic heterocycles. The SMILES string of the molecule is COc1cc(Br)c(C=CCNC(=O)OCC2c3ccccc3-c3ccccc32)cc1O. The minimum absolute atomic E-state index is 0.0342. The van der Waals surface area contributed by atoms with E-state index in [1.807, 2.05) is 24.3 Å². The number of hydrogen-bond donors (Lipinski definition) is 2. The highest BCUT2D eigenvalue weighted by Gasteiger charge is 2.28. The van der Waals surface area contributed by atoms with Crippen LogP contribution in [-0.2, 0) is 4.74 Å². The number of carbonyl (C=O) groups is 1. The first-order valence-electron chi connectivity index (χ1n) is 9.90. The van der Waals surface area contributed by atoms with Crippen LogP contribution in [-0.4, -0.2) is 31.5 Å². The zero-order valence-corrected chi connectivity index (χ0v) is 18.6. The highest BCUT2D eigenvalue weighted by atomic mass is 79.9. The van der Waals surface area contributed by atoms with Crippen molar-refractivity contribution >= 4 is 28.1 Å². The Bertz CT molecular complexity index is 1100. The fourth-order valence-electron chi connectivity index (χ4n) is 3.83. The fourth-order valence-corrected chi connectivity index (χ4v) is 4.28. The lowest BCUT2D eigenvalue weighted by atomic mass is 9.98. The summed E-state index contributed by atoms with van der Waals surface area (Å²) in [6.45, 7) is 0.581. The van der Waals surface area contributed by atoms with Gasteiger partial charge in [-0.1, -0.05) is 76.6 Å². The van der Waals surface area contributed by atoms with Crippen molar-refractivity contribution in [2.45, 2.75) is 5.92 Å². The van der Waals surface area contributed by atoms with Crippen molar-refractivity contribution in [1.82, 2.24) is 5.32 Å². The molecule has 0 unspecified atom stereocenters. The predicted molar refractivity (Wildman–Crippen MR) is 124 cm³/mol. The van der Waals surface area contributed by atoms with E-state index < -0.39 is 6.09 Å². The average molecular weight is 480 g/mol. The van der Waals surface area contributed by atoms with Crippen LogP contribution in [0.15, 0.2) is 71.2 Å². The largest absolute Gasteiger partial charge is 0.504 e. The van der Waals surface area contributed by atoms with Gasteiger partial charge in [0.15, 0.2) is 11.5 Å². The Morgan fingerprint density at radius 3 is 2.39 bits per heavy atom. The van der Waals surface area contributed by atoms with E-state index in [1.165, 1.54) is 29.4 Å². The van der Waals surface area contributed by atoms with Gasteiger partial charge < -0.3 is 19.9 Å². The molecule has 1 aliphatic rings. The number of fused-ring (bicyclic) bond motifs is 3. The third-order valence-electron chi connectivity index (χ3n) is 5.30. The van der Waals surface area contributed by atoms with Crippen molar-refractivity contribution in [2.75, 3.05) is 20.3 Å². The molecule has 1 amide bonds. The molecule has 3 aromatic carbocycles. The van der Waals surface area contributed by atoms with Crippen molar-refractivity contribution in [3.63, 3.8) is 0 Å². The molecule has 0 fully saturated rings. The van der Waals surface area contributed by atoms with Crippen LogP contribution >= 0.6 is 15.9 Å². The lowest BCUT2D eigenvalue weighted by Crippen LogP contribution is -2.26. The number of rotatable bonds is 6. The quantitative estimate of drug-likeness (QED) is 0.474. The summed E-state index contributed by atoms with van der Waals surface area (Å²) in [5, 5.41) is 12.6. The minimum atomic E-state index is -0.469. The Kier molecular flexibility index (Phi) is 6.28. The van der Waals surface area contributed by atoms with Gasteiger partial charge in [-0.05, 0) is 39.9 Å². The number of carbonyl (C=O) groups excluding carboxylic acids is 1. The maximum Gasteiger partial charge on any atom is 0.407 e. The highest BCUT2D eigenvalue weighted by Crippen LogP contribution is 2.44. The molecule has 0 radical (unpaired) electrons. The third-order valence-corrected chi connectivity index (χ3v) is 5.99. The average Bonchev–Trinajstić information content (AvgIpc) is 3.11. The van der Waals surface area contributed by atoms with E-state index in [0.717, 1.165) is 10.0 Å². The van der Waals surface area contributed by atoms with Crippen LogP contribution in [0, 0.1) is 0 Å². The highest BCUT2D eigenvalue weighted by molar-refractivity contribution is 9.10. The van der Waals surface area contributed by atoms with Crippen LogP contribution in [0.1, 0.15) is 22.6 Å². The first-order chi connectivity index (χ1) is 15.1. The molecule has 0 spiro atoms. The molecule has 0 heterocycles. The summed E-state index contributed by atoms with van der Waals surface area (Å²) in [6.07, 6.45) is 3.11. The molecule has 31 heavy (non-hydrogen) atoms. The number of aromatic hydroxyl groups is 1. The molecule has 3 aromatic rings. The maximum absolute atomic E-state index is 12.2. The monoisotopic (exact) mass is 479 g/mol. The smallest absolute Gasteiger partial charge is 0.407 e. The number of amides is 1. The van der Waals surface area contributed by atoms with E-state index in [9.17, 15) is 9.90 Å². The van der Waals surface area contributed by atoms with Crippen LogP contribution in [0.3, 0.4) is 0 Å². The molecule has 6 heteroatoms. The van der Waals surface area contributed by atoms with Crippen LogP contribution < -0.4 is 10.1 Å². The number of ether oxygens (including phenoxy) is 2. The molecule has 0 saturated carbocycles. The van der Waals surface area contributed by atoms with Crippen LogP contribution in [0.5, 0.6) is 11.5 Å². The first kappa shape index (κ1) is 21.0. The van der Waals surface area contributed by atoms with E-state index >= 15 is 0 Å². The second kappa shape index (κ2) is 9.27. The summed E-state index contributed by atoms with van der Waals surface area (Å²) < 4.78 is 11.4. The van der Waals surface area contributed by atoms with Gasteiger partial charge in [-0.2, -0.15) is 0 Å². The summed E-state index contributed by atoms with van der Waals surface area (Å²) in [6, 6.07) is 19.7. The summed E-state index contributed by atoms with van der Waals surface area (Å²) in [7, 11) is 1.50. The molecule has 0 bridgehead atoms. The van der Waals surface area contributed by atoms with Crippen molar-refractivity contribution in [3.05, 3.63) is 87.9 Å². The Balaban J connectivity index is 1.33. The summed E-state index contributed by atoms with van der Waals surface area (Å²) in [4.78, 5) is 12.2. The second-order valence-corrected chi connectivity index (χ2v) is 8.01. The van der Waals surface area contributed by atoms with Crippen LogP contribution in [0.2, 0.25) is 0 Å². The molecule has 4 rings (SSSR count). The lowest BCUT2D eigenvalue weighted by molar-refractivity contribution is 0.144. The minimum Gasteiger partial charge on any atom is -0.504 e.